The third-order valence-corrected chi connectivity index (χ3v) is 8.24. The highest BCUT2D eigenvalue weighted by Crippen LogP contribution is 2.36. The second-order valence-electron chi connectivity index (χ2n) is 12.5. The molecule has 0 saturated carbocycles. The quantitative estimate of drug-likeness (QED) is 0.0293. The maximum atomic E-state index is 12.4. The van der Waals surface area contributed by atoms with Gasteiger partial charge in [0.1, 0.15) is 6.61 Å². The first-order chi connectivity index (χ1) is 23.8. The van der Waals surface area contributed by atoms with Crippen molar-refractivity contribution in [3.63, 3.8) is 0 Å². The number of rotatable bonds is 34. The fourth-order valence-electron chi connectivity index (χ4n) is 4.86. The Morgan fingerprint density at radius 2 is 0.939 bits per heavy atom. The van der Waals surface area contributed by atoms with Crippen LogP contribution in [0.15, 0.2) is 60.8 Å². The highest BCUT2D eigenvalue weighted by atomic mass is 31.2. The van der Waals surface area contributed by atoms with Gasteiger partial charge in [-0.1, -0.05) is 132 Å². The Bertz CT molecular complexity index is 979. The van der Waals surface area contributed by atoms with E-state index in [0.29, 0.717) is 12.8 Å². The van der Waals surface area contributed by atoms with Crippen molar-refractivity contribution in [3.8, 4) is 0 Å². The summed E-state index contributed by atoms with van der Waals surface area (Å²) in [4.78, 5) is 42.7. The Morgan fingerprint density at radius 1 is 0.531 bits per heavy atom. The van der Waals surface area contributed by atoms with Crippen LogP contribution in [0.2, 0.25) is 0 Å². The topological polar surface area (TPSA) is 119 Å². The Kier molecular flexibility index (Phi) is 33.9. The van der Waals surface area contributed by atoms with Gasteiger partial charge in [-0.05, 0) is 77.0 Å². The van der Waals surface area contributed by atoms with Gasteiger partial charge < -0.3 is 19.3 Å². The van der Waals surface area contributed by atoms with Gasteiger partial charge >= 0.3 is 19.8 Å². The summed E-state index contributed by atoms with van der Waals surface area (Å²) >= 11 is 0. The summed E-state index contributed by atoms with van der Waals surface area (Å²) in [6, 6.07) is 0. The number of carbonyl (C=O) groups excluding carboxylic acids is 2. The molecule has 0 fully saturated rings. The molecule has 0 aliphatic rings. The van der Waals surface area contributed by atoms with Crippen LogP contribution in [0.1, 0.15) is 162 Å². The van der Waals surface area contributed by atoms with Crippen LogP contribution in [0.5, 0.6) is 0 Å². The SMILES string of the molecule is CCCC/C=C/C/C=C/CCCCCCCC(=O)OC[C@H](COP(=O)(O)O)OC(=O)CCCCCC/C=C/C/C=C/C/C=C/CCCCC. The van der Waals surface area contributed by atoms with Crippen molar-refractivity contribution in [2.45, 2.75) is 168 Å². The smallest absolute Gasteiger partial charge is 0.462 e. The summed E-state index contributed by atoms with van der Waals surface area (Å²) < 4.78 is 26.3. The van der Waals surface area contributed by atoms with Gasteiger partial charge in [0.2, 0.25) is 0 Å². The first-order valence-electron chi connectivity index (χ1n) is 19.1. The third kappa shape index (κ3) is 38.4. The number of phosphoric ester groups is 1. The lowest BCUT2D eigenvalue weighted by molar-refractivity contribution is -0.161. The maximum absolute atomic E-state index is 12.4. The van der Waals surface area contributed by atoms with Gasteiger partial charge in [0, 0.05) is 12.8 Å². The zero-order valence-electron chi connectivity index (χ0n) is 30.8. The second-order valence-corrected chi connectivity index (χ2v) is 13.8. The first-order valence-corrected chi connectivity index (χ1v) is 20.6. The summed E-state index contributed by atoms with van der Waals surface area (Å²) in [5, 5.41) is 0. The minimum absolute atomic E-state index is 0.180. The van der Waals surface area contributed by atoms with Crippen molar-refractivity contribution < 1.29 is 37.9 Å². The van der Waals surface area contributed by atoms with Crippen molar-refractivity contribution >= 4 is 19.8 Å². The van der Waals surface area contributed by atoms with E-state index in [1.54, 1.807) is 0 Å². The van der Waals surface area contributed by atoms with E-state index in [2.05, 4.69) is 79.1 Å². The van der Waals surface area contributed by atoms with E-state index in [9.17, 15) is 14.2 Å². The average molecular weight is 709 g/mol. The molecule has 9 heteroatoms. The molecule has 0 rings (SSSR count). The first kappa shape index (κ1) is 46.8. The zero-order valence-corrected chi connectivity index (χ0v) is 31.7. The molecule has 0 aromatic carbocycles. The standard InChI is InChI=1S/C40H69O8P/c1-3-5-7-9-11-13-15-17-19-20-21-23-25-27-29-31-33-35-40(42)48-38(37-47-49(43,44)45)36-46-39(41)34-32-30-28-26-24-22-18-16-14-12-10-8-6-4-2/h10-13,16-19,21,23,38H,3-9,14-15,20,22,24-37H2,1-2H3,(H2,43,44,45)/b12-10+,13-11+,18-16+,19-17+,23-21+/t38-/m1/s1. The van der Waals surface area contributed by atoms with Crippen molar-refractivity contribution in [2.24, 2.45) is 0 Å². The van der Waals surface area contributed by atoms with Crippen LogP contribution in [-0.2, 0) is 28.2 Å². The Labute approximate surface area is 298 Å². The fraction of sp³-hybridized carbons (Fsp3) is 0.700. The predicted octanol–water partition coefficient (Wildman–Crippen LogP) is 11.3. The number of esters is 2. The molecule has 0 radical (unpaired) electrons. The number of phosphoric acid groups is 1. The maximum Gasteiger partial charge on any atom is 0.469 e. The molecule has 0 aliphatic carbocycles. The zero-order chi connectivity index (χ0) is 36.1. The van der Waals surface area contributed by atoms with Crippen molar-refractivity contribution in [3.05, 3.63) is 60.8 Å². The molecule has 0 aromatic heterocycles. The van der Waals surface area contributed by atoms with Crippen molar-refractivity contribution in [1.29, 1.82) is 0 Å². The number of ether oxygens (including phenoxy) is 2. The molecule has 8 nitrogen and oxygen atoms in total. The van der Waals surface area contributed by atoms with E-state index < -0.39 is 32.5 Å². The summed E-state index contributed by atoms with van der Waals surface area (Å²) in [6.07, 6.45) is 43.6. The van der Waals surface area contributed by atoms with Crippen LogP contribution >= 0.6 is 7.82 Å². The van der Waals surface area contributed by atoms with E-state index in [-0.39, 0.29) is 19.4 Å². The van der Waals surface area contributed by atoms with E-state index in [1.165, 1.54) is 38.5 Å². The summed E-state index contributed by atoms with van der Waals surface area (Å²) in [5.41, 5.74) is 0. The van der Waals surface area contributed by atoms with Crippen molar-refractivity contribution in [2.75, 3.05) is 13.2 Å². The molecular weight excluding hydrogens is 639 g/mol. The van der Waals surface area contributed by atoms with Gasteiger partial charge in [-0.2, -0.15) is 0 Å². The molecule has 0 aliphatic heterocycles. The molecule has 49 heavy (non-hydrogen) atoms. The van der Waals surface area contributed by atoms with Crippen LogP contribution in [0, 0.1) is 0 Å². The van der Waals surface area contributed by atoms with E-state index >= 15 is 0 Å². The summed E-state index contributed by atoms with van der Waals surface area (Å²) in [7, 11) is -4.76. The minimum Gasteiger partial charge on any atom is -0.462 e. The molecule has 282 valence electrons. The average Bonchev–Trinajstić information content (AvgIpc) is 3.07. The van der Waals surface area contributed by atoms with Gasteiger partial charge in [-0.3, -0.25) is 14.1 Å². The molecule has 0 unspecified atom stereocenters. The van der Waals surface area contributed by atoms with Crippen LogP contribution in [-0.4, -0.2) is 41.0 Å². The van der Waals surface area contributed by atoms with Crippen LogP contribution in [0.25, 0.3) is 0 Å². The van der Waals surface area contributed by atoms with Gasteiger partial charge in [0.05, 0.1) is 6.61 Å². The van der Waals surface area contributed by atoms with Crippen LogP contribution < -0.4 is 0 Å². The highest BCUT2D eigenvalue weighted by molar-refractivity contribution is 7.46. The number of carbonyl (C=O) groups is 2. The fourth-order valence-corrected chi connectivity index (χ4v) is 5.23. The molecule has 0 aromatic rings. The summed E-state index contributed by atoms with van der Waals surface area (Å²) in [6.45, 7) is 3.57. The molecule has 0 bridgehead atoms. The molecule has 0 spiro atoms. The van der Waals surface area contributed by atoms with Gasteiger partial charge in [0.15, 0.2) is 6.10 Å². The Morgan fingerprint density at radius 3 is 1.43 bits per heavy atom. The molecule has 1 atom stereocenters. The summed E-state index contributed by atoms with van der Waals surface area (Å²) in [5.74, 6) is -0.932. The lowest BCUT2D eigenvalue weighted by Crippen LogP contribution is -2.29. The number of allylic oxidation sites excluding steroid dienone is 10. The lowest BCUT2D eigenvalue weighted by Gasteiger charge is -2.18. The number of hydrogen-bond acceptors (Lipinski definition) is 6. The van der Waals surface area contributed by atoms with Crippen molar-refractivity contribution in [1.82, 2.24) is 0 Å². The van der Waals surface area contributed by atoms with Gasteiger partial charge in [-0.15, -0.1) is 0 Å². The normalized spacial score (nSPS) is 13.1. The Hall–Kier alpha value is -2.25. The monoisotopic (exact) mass is 708 g/mol. The largest absolute Gasteiger partial charge is 0.469 e. The minimum atomic E-state index is -4.76. The molecule has 0 saturated heterocycles. The van der Waals surface area contributed by atoms with Gasteiger partial charge in [-0.25, -0.2) is 4.57 Å². The lowest BCUT2D eigenvalue weighted by atomic mass is 10.1. The van der Waals surface area contributed by atoms with E-state index in [4.69, 9.17) is 19.3 Å². The Balaban J connectivity index is 4.05. The molecule has 0 heterocycles. The van der Waals surface area contributed by atoms with Crippen LogP contribution in [0.3, 0.4) is 0 Å². The van der Waals surface area contributed by atoms with E-state index in [0.717, 1.165) is 83.5 Å². The molecule has 2 N–H and O–H groups in total. The molecular formula is C40H69O8P. The predicted molar refractivity (Wildman–Crippen MR) is 202 cm³/mol. The van der Waals surface area contributed by atoms with Gasteiger partial charge in [0.25, 0.3) is 0 Å². The number of hydrogen-bond donors (Lipinski definition) is 2. The second kappa shape index (κ2) is 35.6. The third-order valence-electron chi connectivity index (χ3n) is 7.76. The highest BCUT2D eigenvalue weighted by Gasteiger charge is 2.22. The van der Waals surface area contributed by atoms with E-state index in [1.807, 2.05) is 0 Å². The number of unbranched alkanes of at least 4 members (excludes halogenated alkanes) is 14. The molecule has 0 amide bonds. The van der Waals surface area contributed by atoms with Crippen LogP contribution in [0.4, 0.5) is 0 Å².